The first kappa shape index (κ1) is 23.6. The Morgan fingerprint density at radius 3 is 2.53 bits per heavy atom. The molecule has 0 N–H and O–H groups in total. The second kappa shape index (κ2) is 10.5. The Bertz CT molecular complexity index is 1060. The molecule has 2 aromatic rings. The van der Waals surface area contributed by atoms with E-state index < -0.39 is 0 Å². The highest BCUT2D eigenvalue weighted by Gasteiger charge is 2.36. The Morgan fingerprint density at radius 1 is 1.16 bits per heavy atom. The molecular weight excluding hydrogens is 429 g/mol. The number of allylic oxidation sites excluding steroid dienone is 1. The first-order chi connectivity index (χ1) is 15.3. The fraction of sp³-hybridized carbons (Fsp3) is 0.280. The van der Waals surface area contributed by atoms with Crippen molar-refractivity contribution in [3.05, 3.63) is 76.5 Å². The third kappa shape index (κ3) is 5.22. The molecule has 0 atom stereocenters. The van der Waals surface area contributed by atoms with E-state index >= 15 is 0 Å². The lowest BCUT2D eigenvalue weighted by Crippen LogP contribution is -2.34. The normalized spacial score (nSPS) is 15.0. The number of rotatable bonds is 9. The summed E-state index contributed by atoms with van der Waals surface area (Å²) in [6, 6.07) is 9.85. The molecule has 2 amide bonds. The zero-order chi connectivity index (χ0) is 23.3. The summed E-state index contributed by atoms with van der Waals surface area (Å²) < 4.78 is 25.8. The average Bonchev–Trinajstić information content (AvgIpc) is 3.02. The van der Waals surface area contributed by atoms with E-state index in [1.807, 2.05) is 13.0 Å². The second-order valence-corrected chi connectivity index (χ2v) is 8.45. The van der Waals surface area contributed by atoms with Gasteiger partial charge in [-0.1, -0.05) is 24.3 Å². The maximum absolute atomic E-state index is 14.0. The largest absolute Gasteiger partial charge is 0.490 e. The van der Waals surface area contributed by atoms with Crippen molar-refractivity contribution in [3.63, 3.8) is 0 Å². The molecule has 0 aliphatic carbocycles. The fourth-order valence-electron chi connectivity index (χ4n) is 3.34. The number of thioether (sulfide) groups is 1. The highest BCUT2D eigenvalue weighted by atomic mass is 32.2. The Kier molecular flexibility index (Phi) is 7.75. The van der Waals surface area contributed by atoms with E-state index in [-0.39, 0.29) is 29.6 Å². The van der Waals surface area contributed by atoms with Crippen LogP contribution >= 0.6 is 11.8 Å². The van der Waals surface area contributed by atoms with Crippen molar-refractivity contribution in [3.8, 4) is 11.5 Å². The molecule has 3 rings (SSSR count). The Morgan fingerprint density at radius 2 is 1.91 bits per heavy atom. The van der Waals surface area contributed by atoms with Gasteiger partial charge in [0.15, 0.2) is 11.5 Å². The third-order valence-electron chi connectivity index (χ3n) is 4.79. The number of hydrogen-bond donors (Lipinski definition) is 0. The molecule has 7 heteroatoms. The summed E-state index contributed by atoms with van der Waals surface area (Å²) in [5.74, 6) is 0.339. The van der Waals surface area contributed by atoms with E-state index in [0.717, 1.165) is 17.3 Å². The first-order valence-corrected chi connectivity index (χ1v) is 11.2. The standard InChI is InChI=1S/C25H26FNO4S/c1-5-9-18-12-17(14-22-24(28)27(16(3)4)25(29)32-22)13-21(30-6-2)23(18)31-15-19-10-7-8-11-20(19)26/h5,7-8,10-14,16H,1,6,9,15H2,2-4H3/b22-14+. The van der Waals surface area contributed by atoms with Crippen LogP contribution < -0.4 is 9.47 Å². The van der Waals surface area contributed by atoms with Crippen molar-refractivity contribution >= 4 is 29.0 Å². The van der Waals surface area contributed by atoms with Gasteiger partial charge in [0.05, 0.1) is 11.5 Å². The molecule has 1 aliphatic heterocycles. The van der Waals surface area contributed by atoms with Crippen LogP contribution in [0.4, 0.5) is 9.18 Å². The van der Waals surface area contributed by atoms with Crippen molar-refractivity contribution in [2.45, 2.75) is 39.8 Å². The lowest BCUT2D eigenvalue weighted by Gasteiger charge is -2.17. The van der Waals surface area contributed by atoms with Gasteiger partial charge in [0, 0.05) is 17.2 Å². The summed E-state index contributed by atoms with van der Waals surface area (Å²) in [4.78, 5) is 26.5. The summed E-state index contributed by atoms with van der Waals surface area (Å²) in [6.45, 7) is 9.71. The number of nitrogens with zero attached hydrogens (tertiary/aromatic N) is 1. The minimum atomic E-state index is -0.340. The van der Waals surface area contributed by atoms with Crippen LogP contribution in [-0.2, 0) is 17.8 Å². The molecule has 0 spiro atoms. The van der Waals surface area contributed by atoms with E-state index in [2.05, 4.69) is 6.58 Å². The predicted molar refractivity (Wildman–Crippen MR) is 125 cm³/mol. The lowest BCUT2D eigenvalue weighted by molar-refractivity contribution is -0.123. The molecule has 0 radical (unpaired) electrons. The molecule has 1 saturated heterocycles. The molecule has 2 aromatic carbocycles. The number of carbonyl (C=O) groups excluding carboxylic acids is 2. The smallest absolute Gasteiger partial charge is 0.293 e. The molecule has 0 unspecified atom stereocenters. The molecule has 5 nitrogen and oxygen atoms in total. The molecule has 32 heavy (non-hydrogen) atoms. The number of imide groups is 1. The summed E-state index contributed by atoms with van der Waals surface area (Å²) >= 11 is 0.921. The van der Waals surface area contributed by atoms with Crippen LogP contribution in [0.15, 0.2) is 54.0 Å². The monoisotopic (exact) mass is 455 g/mol. The number of ether oxygens (including phenoxy) is 2. The molecule has 1 heterocycles. The van der Waals surface area contributed by atoms with Gasteiger partial charge >= 0.3 is 0 Å². The van der Waals surface area contributed by atoms with Crippen LogP contribution in [0, 0.1) is 5.82 Å². The van der Waals surface area contributed by atoms with Gasteiger partial charge in [-0.05, 0) is 68.8 Å². The van der Waals surface area contributed by atoms with E-state index in [1.165, 1.54) is 11.0 Å². The van der Waals surface area contributed by atoms with E-state index in [0.29, 0.717) is 40.6 Å². The van der Waals surface area contributed by atoms with Gasteiger partial charge < -0.3 is 9.47 Å². The second-order valence-electron chi connectivity index (χ2n) is 7.46. The number of benzene rings is 2. The van der Waals surface area contributed by atoms with Crippen molar-refractivity contribution in [1.29, 1.82) is 0 Å². The van der Waals surface area contributed by atoms with Gasteiger partial charge in [-0.2, -0.15) is 0 Å². The third-order valence-corrected chi connectivity index (χ3v) is 5.67. The van der Waals surface area contributed by atoms with Gasteiger partial charge in [0.25, 0.3) is 11.1 Å². The Hall–Kier alpha value is -3.06. The Labute approximate surface area is 191 Å². The van der Waals surface area contributed by atoms with Crippen LogP contribution in [0.25, 0.3) is 6.08 Å². The lowest BCUT2D eigenvalue weighted by atomic mass is 10.0. The molecule has 1 fully saturated rings. The van der Waals surface area contributed by atoms with Crippen LogP contribution in [0.3, 0.4) is 0 Å². The molecule has 168 valence electrons. The quantitative estimate of drug-likeness (QED) is 0.344. The molecule has 0 bridgehead atoms. The average molecular weight is 456 g/mol. The number of halogens is 1. The minimum absolute atomic E-state index is 0.0452. The summed E-state index contributed by atoms with van der Waals surface area (Å²) in [7, 11) is 0. The van der Waals surface area contributed by atoms with Gasteiger partial charge in [-0.3, -0.25) is 14.5 Å². The summed E-state index contributed by atoms with van der Waals surface area (Å²) in [5.41, 5.74) is 1.93. The van der Waals surface area contributed by atoms with Crippen molar-refractivity contribution in [2.24, 2.45) is 0 Å². The van der Waals surface area contributed by atoms with Gasteiger partial charge in [-0.15, -0.1) is 6.58 Å². The van der Waals surface area contributed by atoms with E-state index in [9.17, 15) is 14.0 Å². The van der Waals surface area contributed by atoms with Crippen LogP contribution in [0.2, 0.25) is 0 Å². The summed E-state index contributed by atoms with van der Waals surface area (Å²) in [6.07, 6.45) is 3.91. The Balaban J connectivity index is 1.97. The highest BCUT2D eigenvalue weighted by molar-refractivity contribution is 8.18. The zero-order valence-corrected chi connectivity index (χ0v) is 19.2. The number of carbonyl (C=O) groups is 2. The summed E-state index contributed by atoms with van der Waals surface area (Å²) in [5, 5.41) is -0.280. The van der Waals surface area contributed by atoms with Gasteiger partial charge in [0.1, 0.15) is 12.4 Å². The maximum Gasteiger partial charge on any atom is 0.293 e. The molecule has 0 aromatic heterocycles. The van der Waals surface area contributed by atoms with Crippen LogP contribution in [0.1, 0.15) is 37.5 Å². The van der Waals surface area contributed by atoms with Crippen LogP contribution in [-0.4, -0.2) is 28.7 Å². The predicted octanol–water partition coefficient (Wildman–Crippen LogP) is 5.98. The van der Waals surface area contributed by atoms with Crippen LogP contribution in [0.5, 0.6) is 11.5 Å². The molecular formula is C25H26FNO4S. The van der Waals surface area contributed by atoms with Crippen molar-refractivity contribution in [2.75, 3.05) is 6.61 Å². The van der Waals surface area contributed by atoms with Gasteiger partial charge in [-0.25, -0.2) is 4.39 Å². The SMILES string of the molecule is C=CCc1cc(/C=C2/SC(=O)N(C(C)C)C2=O)cc(OCC)c1OCc1ccccc1F. The number of amides is 2. The maximum atomic E-state index is 14.0. The van der Waals surface area contributed by atoms with Crippen molar-refractivity contribution in [1.82, 2.24) is 4.90 Å². The van der Waals surface area contributed by atoms with E-state index in [4.69, 9.17) is 9.47 Å². The topological polar surface area (TPSA) is 55.8 Å². The minimum Gasteiger partial charge on any atom is -0.490 e. The van der Waals surface area contributed by atoms with Crippen molar-refractivity contribution < 1.29 is 23.5 Å². The highest BCUT2D eigenvalue weighted by Crippen LogP contribution is 2.38. The zero-order valence-electron chi connectivity index (χ0n) is 18.4. The van der Waals surface area contributed by atoms with Gasteiger partial charge in [0.2, 0.25) is 0 Å². The fourth-order valence-corrected chi connectivity index (χ4v) is 4.30. The molecule has 1 aliphatic rings. The molecule has 0 saturated carbocycles. The number of hydrogen-bond acceptors (Lipinski definition) is 5. The van der Waals surface area contributed by atoms with E-state index in [1.54, 1.807) is 50.3 Å². The first-order valence-electron chi connectivity index (χ1n) is 10.4.